The molecule has 2 unspecified atom stereocenters. The molecule has 402 valence electrons. The van der Waals surface area contributed by atoms with E-state index in [2.05, 4.69) is 234 Å². The molecule has 1 fully saturated rings. The monoisotopic (exact) mass is 1040 g/mol. The van der Waals surface area contributed by atoms with Crippen molar-refractivity contribution in [2.45, 2.75) is 205 Å². The molecule has 3 aliphatic heterocycles. The van der Waals surface area contributed by atoms with Crippen molar-refractivity contribution in [1.82, 2.24) is 0 Å². The molecule has 79 heavy (non-hydrogen) atoms. The minimum atomic E-state index is -0.148. The SMILES string of the molecule is Cc1cc2c(cc1N1c3cc4c(cc3B3c5cc6c(cc5N(c5cccc7c5oc5ccccc57)c5cc(N7c8ccccc8C8(C)CCCCC78C)cc1c53)C(C)(C)CCC6(C)C)C(C)(C)CCC4(C)C)C(C)(C)CC2(C)C. The summed E-state index contributed by atoms with van der Waals surface area (Å²) in [4.78, 5) is 8.36. The minimum Gasteiger partial charge on any atom is -0.454 e. The van der Waals surface area contributed by atoms with E-state index >= 15 is 0 Å². The molecule has 8 aromatic rings. The highest BCUT2D eigenvalue weighted by molar-refractivity contribution is 7.00. The molecule has 0 amide bonds. The normalized spacial score (nSPS) is 24.5. The van der Waals surface area contributed by atoms with Crippen LogP contribution in [-0.2, 0) is 37.9 Å². The molecule has 0 saturated heterocycles. The van der Waals surface area contributed by atoms with Crippen molar-refractivity contribution >= 4 is 90.5 Å². The van der Waals surface area contributed by atoms with Crippen LogP contribution in [0.15, 0.2) is 120 Å². The molecule has 1 aromatic heterocycles. The molecule has 4 nitrogen and oxygen atoms in total. The van der Waals surface area contributed by atoms with E-state index < -0.39 is 0 Å². The van der Waals surface area contributed by atoms with Crippen LogP contribution in [0.4, 0.5) is 45.5 Å². The summed E-state index contributed by atoms with van der Waals surface area (Å²) in [6, 6.07) is 46.5. The number of furan rings is 1. The smallest absolute Gasteiger partial charge is 0.252 e. The Morgan fingerprint density at radius 2 is 0.886 bits per heavy atom. The summed E-state index contributed by atoms with van der Waals surface area (Å²) in [7, 11) is 0. The Balaban J connectivity index is 1.14. The maximum atomic E-state index is 7.21. The van der Waals surface area contributed by atoms with Gasteiger partial charge in [-0.25, -0.2) is 0 Å². The number of fused-ring (bicyclic) bond motifs is 13. The van der Waals surface area contributed by atoms with Gasteiger partial charge >= 0.3 is 0 Å². The van der Waals surface area contributed by atoms with Crippen molar-refractivity contribution in [1.29, 1.82) is 0 Å². The highest BCUT2D eigenvalue weighted by Crippen LogP contribution is 2.63. The summed E-state index contributed by atoms with van der Waals surface area (Å²) in [6.45, 7) is 37.6. The Bertz CT molecular complexity index is 3990. The third kappa shape index (κ3) is 6.51. The molecule has 0 bridgehead atoms. The lowest BCUT2D eigenvalue weighted by molar-refractivity contribution is 0.195. The van der Waals surface area contributed by atoms with Crippen LogP contribution in [0.2, 0.25) is 0 Å². The fourth-order valence-electron chi connectivity index (χ4n) is 18.1. The Hall–Kier alpha value is -6.20. The van der Waals surface area contributed by atoms with Crippen molar-refractivity contribution in [3.05, 3.63) is 160 Å². The molecule has 1 saturated carbocycles. The van der Waals surface area contributed by atoms with Crippen molar-refractivity contribution in [3.63, 3.8) is 0 Å². The van der Waals surface area contributed by atoms with Crippen molar-refractivity contribution in [3.8, 4) is 0 Å². The van der Waals surface area contributed by atoms with Gasteiger partial charge in [-0.05, 0) is 201 Å². The molecule has 4 aliphatic carbocycles. The van der Waals surface area contributed by atoms with Gasteiger partial charge in [0.2, 0.25) is 0 Å². The van der Waals surface area contributed by atoms with Gasteiger partial charge in [-0.3, -0.25) is 0 Å². The van der Waals surface area contributed by atoms with Gasteiger partial charge < -0.3 is 19.1 Å². The maximum absolute atomic E-state index is 7.21. The largest absolute Gasteiger partial charge is 0.454 e. The van der Waals surface area contributed by atoms with Crippen LogP contribution in [0, 0.1) is 6.92 Å². The fourth-order valence-corrected chi connectivity index (χ4v) is 18.1. The van der Waals surface area contributed by atoms with E-state index in [1.165, 1.54) is 120 Å². The average molecular weight is 1040 g/mol. The fraction of sp³-hybridized carbons (Fsp3) is 0.432. The van der Waals surface area contributed by atoms with Gasteiger partial charge in [0.25, 0.3) is 6.71 Å². The lowest BCUT2D eigenvalue weighted by Gasteiger charge is -2.51. The molecule has 7 aliphatic rings. The van der Waals surface area contributed by atoms with Gasteiger partial charge in [0.05, 0.1) is 11.2 Å². The molecule has 15 rings (SSSR count). The number of benzene rings is 7. The van der Waals surface area contributed by atoms with Crippen LogP contribution < -0.4 is 31.1 Å². The second-order valence-corrected chi connectivity index (χ2v) is 30.5. The first-order valence-electron chi connectivity index (χ1n) is 30.4. The van der Waals surface area contributed by atoms with Gasteiger partial charge in [0, 0.05) is 56.0 Å². The summed E-state index contributed by atoms with van der Waals surface area (Å²) >= 11 is 0. The van der Waals surface area contributed by atoms with Crippen molar-refractivity contribution in [2.24, 2.45) is 0 Å². The van der Waals surface area contributed by atoms with E-state index in [0.717, 1.165) is 66.2 Å². The molecule has 0 spiro atoms. The van der Waals surface area contributed by atoms with Crippen molar-refractivity contribution < 1.29 is 4.42 Å². The average Bonchev–Trinajstić information content (AvgIpc) is 2.82. The van der Waals surface area contributed by atoms with E-state index in [9.17, 15) is 0 Å². The Kier molecular flexibility index (Phi) is 9.85. The molecule has 2 atom stereocenters. The van der Waals surface area contributed by atoms with E-state index in [4.69, 9.17) is 4.42 Å². The second kappa shape index (κ2) is 15.6. The molecule has 5 heteroatoms. The highest BCUT2D eigenvalue weighted by Gasteiger charge is 2.59. The molecule has 0 N–H and O–H groups in total. The Labute approximate surface area is 472 Å². The Morgan fingerprint density at radius 3 is 1.51 bits per heavy atom. The number of para-hydroxylation sites is 3. The number of hydrogen-bond donors (Lipinski definition) is 0. The van der Waals surface area contributed by atoms with E-state index in [1.54, 1.807) is 0 Å². The van der Waals surface area contributed by atoms with Crippen molar-refractivity contribution in [2.75, 3.05) is 14.7 Å². The summed E-state index contributed by atoms with van der Waals surface area (Å²) in [6.07, 6.45) is 10.5. The third-order valence-electron chi connectivity index (χ3n) is 22.8. The lowest BCUT2D eigenvalue weighted by Crippen LogP contribution is -2.62. The predicted molar refractivity (Wildman–Crippen MR) is 337 cm³/mol. The predicted octanol–water partition coefficient (Wildman–Crippen LogP) is 18.4. The van der Waals surface area contributed by atoms with Crippen LogP contribution in [-0.4, -0.2) is 12.3 Å². The third-order valence-corrected chi connectivity index (χ3v) is 22.8. The van der Waals surface area contributed by atoms with Crippen LogP contribution in [0.3, 0.4) is 0 Å². The molecular formula is C74H82BN3O. The van der Waals surface area contributed by atoms with E-state index in [1.807, 2.05) is 0 Å². The number of aryl methyl sites for hydroxylation is 1. The lowest BCUT2D eigenvalue weighted by atomic mass is 9.32. The van der Waals surface area contributed by atoms with Gasteiger partial charge in [0.15, 0.2) is 5.58 Å². The number of nitrogens with zero attached hydrogens (tertiary/aromatic N) is 3. The zero-order chi connectivity index (χ0) is 55.1. The zero-order valence-corrected chi connectivity index (χ0v) is 50.2. The van der Waals surface area contributed by atoms with E-state index in [0.29, 0.717) is 0 Å². The van der Waals surface area contributed by atoms with E-state index in [-0.39, 0.29) is 50.2 Å². The minimum absolute atomic E-state index is 0.00705. The van der Waals surface area contributed by atoms with Gasteiger partial charge in [-0.1, -0.05) is 170 Å². The number of anilines is 8. The Morgan fingerprint density at radius 1 is 0.405 bits per heavy atom. The first-order valence-corrected chi connectivity index (χ1v) is 30.4. The number of rotatable bonds is 3. The standard InChI is InChI=1S/C74H82BN3O/c1-44-35-49-54(72(12,13)43-71(49,10)11)40-59(44)77-61-42-53-51(68(4,5)32-34-70(53,8)9)39-56(61)75-55-38-50-52(69(6,7)33-31-67(50,2)3)41-60(55)76(58-27-22-24-47-46-23-16-19-28-64(46)79-66(47)58)62-36-45(37-63(77)65(62)75)78-57-26-18-17-25-48(57)73(14)29-20-21-30-74(73,78)15/h16-19,22-28,35-42H,20-21,29-34,43H2,1-15H3. The second-order valence-electron chi connectivity index (χ2n) is 30.5. The molecular weight excluding hydrogens is 958 g/mol. The summed E-state index contributed by atoms with van der Waals surface area (Å²) in [5.41, 5.74) is 28.1. The van der Waals surface area contributed by atoms with Crippen LogP contribution in [0.1, 0.15) is 199 Å². The highest BCUT2D eigenvalue weighted by atomic mass is 16.3. The molecule has 4 heterocycles. The van der Waals surface area contributed by atoms with Gasteiger partial charge in [-0.15, -0.1) is 0 Å². The summed E-state index contributed by atoms with van der Waals surface area (Å²) in [5, 5.41) is 2.31. The topological polar surface area (TPSA) is 22.9 Å². The quantitative estimate of drug-likeness (QED) is 0.165. The first-order chi connectivity index (χ1) is 37.3. The van der Waals surface area contributed by atoms with Crippen LogP contribution >= 0.6 is 0 Å². The zero-order valence-electron chi connectivity index (χ0n) is 50.2. The maximum Gasteiger partial charge on any atom is 0.252 e. The number of hydrogen-bond acceptors (Lipinski definition) is 4. The molecule has 7 aromatic carbocycles. The summed E-state index contributed by atoms with van der Waals surface area (Å²) < 4.78 is 7.21. The van der Waals surface area contributed by atoms with Gasteiger partial charge in [0.1, 0.15) is 5.58 Å². The van der Waals surface area contributed by atoms with Gasteiger partial charge in [-0.2, -0.15) is 0 Å². The molecule has 0 radical (unpaired) electrons. The summed E-state index contributed by atoms with van der Waals surface area (Å²) in [5.74, 6) is 0. The van der Waals surface area contributed by atoms with Crippen LogP contribution in [0.25, 0.3) is 21.9 Å². The first kappa shape index (κ1) is 49.8. The van der Waals surface area contributed by atoms with Crippen LogP contribution in [0.5, 0.6) is 0 Å².